The number of hydrogen-bond acceptors (Lipinski definition) is 2. The van der Waals surface area contributed by atoms with Gasteiger partial charge in [-0.1, -0.05) is 289 Å². The summed E-state index contributed by atoms with van der Waals surface area (Å²) in [5.74, 6) is 1.48. The zero-order valence-electron chi connectivity index (χ0n) is 64.6. The van der Waals surface area contributed by atoms with Gasteiger partial charge in [-0.05, 0) is 147 Å². The summed E-state index contributed by atoms with van der Waals surface area (Å²) in [7, 11) is -4.04. The van der Waals surface area contributed by atoms with Gasteiger partial charge < -0.3 is 13.9 Å². The molecule has 0 radical (unpaired) electrons. The Morgan fingerprint density at radius 2 is 1.08 bits per heavy atom. The molecule has 2 aliphatic heterocycles. The van der Waals surface area contributed by atoms with E-state index in [1.807, 2.05) is 125 Å². The van der Waals surface area contributed by atoms with Crippen molar-refractivity contribution < 1.29 is 44.1 Å². The predicted octanol–water partition coefficient (Wildman–Crippen LogP) is 19.2. The quantitative estimate of drug-likeness (QED) is 0.0863. The van der Waals surface area contributed by atoms with Crippen LogP contribution in [0.4, 0.5) is 0 Å². The van der Waals surface area contributed by atoms with Crippen LogP contribution in [0.1, 0.15) is 91.7 Å². The molecule has 15 aromatic rings. The van der Waals surface area contributed by atoms with Crippen molar-refractivity contribution in [2.75, 3.05) is 0 Å². The average Bonchev–Trinajstić information content (AvgIpc) is 1.57. The predicted molar refractivity (Wildman–Crippen MR) is 397 cm³/mol. The van der Waals surface area contributed by atoms with Crippen LogP contribution in [0.5, 0.6) is 11.5 Å². The van der Waals surface area contributed by atoms with Gasteiger partial charge in [0.1, 0.15) is 13.9 Å². The summed E-state index contributed by atoms with van der Waals surface area (Å²) in [6.07, 6.45) is 8.03. The molecule has 0 spiro atoms. The van der Waals surface area contributed by atoms with E-state index in [4.69, 9.17) is 15.2 Å². The number of hydrogen-bond donors (Lipinski definition) is 0. The Balaban J connectivity index is 0.00000840. The maximum Gasteiger partial charge on any atom is 0.268 e. The van der Waals surface area contributed by atoms with E-state index in [1.165, 1.54) is 11.1 Å². The number of fused-ring (bicyclic) bond motifs is 13. The third-order valence-corrected chi connectivity index (χ3v) is 25.5. The van der Waals surface area contributed by atoms with E-state index >= 15 is 0 Å². The maximum absolute atomic E-state index is 10.0. The summed E-state index contributed by atoms with van der Waals surface area (Å²) in [5.41, 5.74) is 15.2. The molecule has 5 heterocycles. The van der Waals surface area contributed by atoms with Crippen molar-refractivity contribution in [1.29, 1.82) is 0 Å². The zero-order chi connectivity index (χ0) is 73.5. The fourth-order valence-electron chi connectivity index (χ4n) is 15.9. The molecule has 3 aromatic heterocycles. The minimum absolute atomic E-state index is 0. The molecule has 472 valence electrons. The van der Waals surface area contributed by atoms with Crippen molar-refractivity contribution in [3.8, 4) is 95.5 Å². The van der Waals surface area contributed by atoms with Gasteiger partial charge in [0.2, 0.25) is 0 Å². The first kappa shape index (κ1) is 50.2. The summed E-state index contributed by atoms with van der Waals surface area (Å²) in [6.45, 7) is 16.1. The number of rotatable bonds is 8. The average molecular weight is 1460 g/mol. The van der Waals surface area contributed by atoms with Crippen molar-refractivity contribution in [2.24, 2.45) is 0 Å². The molecule has 0 atom stereocenters. The van der Waals surface area contributed by atoms with Crippen molar-refractivity contribution in [3.05, 3.63) is 308 Å². The van der Waals surface area contributed by atoms with Gasteiger partial charge in [0.15, 0.2) is 0 Å². The van der Waals surface area contributed by atoms with E-state index in [2.05, 4.69) is 162 Å². The molecule has 7 heteroatoms. The molecule has 1 aliphatic carbocycles. The molecule has 0 saturated carbocycles. The van der Waals surface area contributed by atoms with Crippen LogP contribution in [-0.2, 0) is 37.3 Å². The second-order valence-electron chi connectivity index (χ2n) is 28.1. The Hall–Kier alpha value is -10.2. The molecule has 3 aliphatic rings. The van der Waals surface area contributed by atoms with Gasteiger partial charge in [-0.25, -0.2) is 4.98 Å². The third kappa shape index (κ3) is 9.42. The van der Waals surface area contributed by atoms with Crippen LogP contribution in [0, 0.1) is 18.5 Å². The Morgan fingerprint density at radius 3 is 1.75 bits per heavy atom. The van der Waals surface area contributed by atoms with Gasteiger partial charge >= 0.3 is 0 Å². The van der Waals surface area contributed by atoms with Gasteiger partial charge in [-0.15, -0.1) is 34.8 Å². The van der Waals surface area contributed by atoms with Crippen LogP contribution in [-0.4, -0.2) is 22.2 Å². The normalized spacial score (nSPS) is 15.9. The number of pyridine rings is 1. The van der Waals surface area contributed by atoms with Gasteiger partial charge in [0.05, 0.1) is 30.4 Å². The van der Waals surface area contributed by atoms with E-state index in [9.17, 15) is 8.22 Å². The van der Waals surface area contributed by atoms with Crippen molar-refractivity contribution in [1.82, 2.24) is 14.1 Å². The largest absolute Gasteiger partial charge is 0.510 e. The minimum Gasteiger partial charge on any atom is -0.510 e. The maximum atomic E-state index is 10.0. The second kappa shape index (κ2) is 22.7. The number of imidazole rings is 1. The summed E-state index contributed by atoms with van der Waals surface area (Å²) in [4.78, 5) is 5.08. The van der Waals surface area contributed by atoms with E-state index in [1.54, 1.807) is 6.07 Å². The standard InChI is InChI=1S/C90H70N4OSi.Pt/c1-88(2,3)62-47-50-91-83(53-62)94-79-45-40-60(61-39-44-77-78(52-61)90(6,7)49-48-89(77,4)5)51-75(79)72-43-41-63(54-80(72)94)95-64-42-46-82-81(55-64)92-57-93-84-67(58-25-12-8-13-26-58)37-24-38-73(84)70-35-22-20-33-68(70)69-34-21-23-36-71(69)76-56-74(59-27-14-9-15-28-59)87(86(92)85(76)93)96(82,65-29-16-10-17-30-65)66-31-18-11-19-32-66;/h8-47,50-53,56H,48-49H2,1-7H3;/q-2;/i8D,9D,12D,13D,14D,15D,25D,26D,27D,28D;. The number of nitrogens with zero attached hydrogens (tertiary/aromatic N) is 4. The molecule has 0 unspecified atom stereocenters. The molecular formula is C90H70N4OPtSi-2. The topological polar surface area (TPSA) is 35.9 Å². The summed E-state index contributed by atoms with van der Waals surface area (Å²) >= 11 is 0. The fraction of sp³-hybridized carbons (Fsp3) is 0.133. The van der Waals surface area contributed by atoms with Crippen molar-refractivity contribution >= 4 is 61.7 Å². The Labute approximate surface area is 597 Å². The number of aromatic nitrogens is 4. The van der Waals surface area contributed by atoms with Crippen LogP contribution in [0.25, 0.3) is 117 Å². The molecule has 0 bridgehead atoms. The van der Waals surface area contributed by atoms with Crippen LogP contribution in [0.15, 0.2) is 273 Å². The fourth-order valence-corrected chi connectivity index (χ4v) is 21.1. The van der Waals surface area contributed by atoms with Gasteiger partial charge in [-0.3, -0.25) is 4.57 Å². The van der Waals surface area contributed by atoms with Gasteiger partial charge in [0, 0.05) is 44.3 Å². The van der Waals surface area contributed by atoms with Crippen molar-refractivity contribution in [2.45, 2.75) is 77.6 Å². The molecule has 97 heavy (non-hydrogen) atoms. The second-order valence-corrected chi connectivity index (χ2v) is 31.8. The first-order valence-corrected chi connectivity index (χ1v) is 34.9. The molecule has 5 nitrogen and oxygen atoms in total. The Morgan fingerprint density at radius 1 is 0.515 bits per heavy atom. The third-order valence-electron chi connectivity index (χ3n) is 20.7. The molecule has 0 N–H and O–H groups in total. The van der Waals surface area contributed by atoms with E-state index in [-0.39, 0.29) is 72.6 Å². The summed E-state index contributed by atoms with van der Waals surface area (Å²) in [6, 6.07) is 73.3. The monoisotopic (exact) mass is 1460 g/mol. The molecule has 18 rings (SSSR count). The van der Waals surface area contributed by atoms with Crippen LogP contribution in [0.2, 0.25) is 0 Å². The van der Waals surface area contributed by atoms with E-state index in [0.29, 0.717) is 61.3 Å². The summed E-state index contributed by atoms with van der Waals surface area (Å²) < 4.78 is 108. The first-order valence-electron chi connectivity index (χ1n) is 37.9. The first-order chi connectivity index (χ1) is 50.9. The number of benzene rings is 12. The molecule has 0 amide bonds. The van der Waals surface area contributed by atoms with Crippen LogP contribution in [0.3, 0.4) is 0 Å². The minimum atomic E-state index is -4.04. The Bertz CT molecular complexity index is 6220. The molecule has 0 fully saturated rings. The number of para-hydroxylation sites is 1. The summed E-state index contributed by atoms with van der Waals surface area (Å²) in [5, 5.41) is 5.33. The van der Waals surface area contributed by atoms with E-state index < -0.39 is 44.3 Å². The smallest absolute Gasteiger partial charge is 0.268 e. The van der Waals surface area contributed by atoms with Crippen molar-refractivity contribution in [3.63, 3.8) is 0 Å². The van der Waals surface area contributed by atoms with E-state index in [0.717, 1.165) is 95.0 Å². The molecule has 0 saturated heterocycles. The zero-order valence-corrected chi connectivity index (χ0v) is 57.9. The van der Waals surface area contributed by atoms with Gasteiger partial charge in [-0.2, -0.15) is 12.1 Å². The van der Waals surface area contributed by atoms with Crippen LogP contribution >= 0.6 is 0 Å². The number of ether oxygens (including phenoxy) is 1. The van der Waals surface area contributed by atoms with Crippen LogP contribution < -0.4 is 30.1 Å². The van der Waals surface area contributed by atoms with Gasteiger partial charge in [0.25, 0.3) is 6.33 Å². The molecular weight excluding hydrogens is 1380 g/mol. The SMILES string of the molecule is [2H]c1c([2H])c([2H])c(-c2cccc3c2-[n+]2[c-]n4c5c(c(-c6c([2H])c([2H])c([2H])c([2H])c6[2H])cc(c52)-c2ccccc2-c2ccccc2-3)[Si](c2ccccc2)(c2ccccc2)c2ccc(Oc3[c-]c5c(cc3)c3cc(-c6ccc7c(c6)C(C)(C)CCC7(C)C)ccc3n5-c3cc(C(C)(C)C)ccn3)[c-]c2-4)c([2H])c1[2H].[Pt]. The Kier molecular flexibility index (Phi) is 11.7. The molecule has 12 aromatic carbocycles.